The quantitative estimate of drug-likeness (QED) is 0.475. The third-order valence-corrected chi connectivity index (χ3v) is 3.68. The number of halogens is 1. The number of ether oxygens (including phenoxy) is 3. The van der Waals surface area contributed by atoms with Gasteiger partial charge in [0.15, 0.2) is 18.1 Å². The summed E-state index contributed by atoms with van der Waals surface area (Å²) in [6, 6.07) is 15.7. The van der Waals surface area contributed by atoms with Gasteiger partial charge >= 0.3 is 5.97 Å². The normalized spacial score (nSPS) is 10.2. The minimum absolute atomic E-state index is 0.132. The fraction of sp³-hybridized carbons (Fsp3) is 0.316. The van der Waals surface area contributed by atoms with E-state index in [0.717, 1.165) is 22.9 Å². The first-order chi connectivity index (χ1) is 11.7. The Labute approximate surface area is 150 Å². The van der Waals surface area contributed by atoms with E-state index in [1.54, 1.807) is 6.92 Å². The highest BCUT2D eigenvalue weighted by Gasteiger charge is 2.10. The molecule has 2 rings (SSSR count). The molecule has 128 valence electrons. The number of rotatable bonds is 9. The van der Waals surface area contributed by atoms with Crippen LogP contribution >= 0.6 is 15.9 Å². The molecule has 2 aromatic carbocycles. The van der Waals surface area contributed by atoms with Gasteiger partial charge in [-0.2, -0.15) is 0 Å². The van der Waals surface area contributed by atoms with Crippen molar-refractivity contribution in [1.29, 1.82) is 0 Å². The second kappa shape index (κ2) is 9.98. The van der Waals surface area contributed by atoms with Crippen LogP contribution in [0.2, 0.25) is 0 Å². The summed E-state index contributed by atoms with van der Waals surface area (Å²) in [6.45, 7) is 2.41. The van der Waals surface area contributed by atoms with Crippen molar-refractivity contribution >= 4 is 21.9 Å². The molecule has 0 amide bonds. The highest BCUT2D eigenvalue weighted by Crippen LogP contribution is 2.29. The summed E-state index contributed by atoms with van der Waals surface area (Å²) in [5.74, 6) is 0.773. The predicted octanol–water partition coefficient (Wildman–Crippen LogP) is 4.14. The van der Waals surface area contributed by atoms with Crippen molar-refractivity contribution in [2.45, 2.75) is 20.0 Å². The Kier molecular flexibility index (Phi) is 7.62. The Bertz CT molecular complexity index is 643. The average molecular weight is 393 g/mol. The molecule has 24 heavy (non-hydrogen) atoms. The maximum atomic E-state index is 11.5. The zero-order chi connectivity index (χ0) is 17.2. The summed E-state index contributed by atoms with van der Waals surface area (Å²) in [5.41, 5.74) is 2.21. The van der Waals surface area contributed by atoms with Crippen LogP contribution in [0.1, 0.15) is 18.1 Å². The van der Waals surface area contributed by atoms with Crippen molar-refractivity contribution in [1.82, 2.24) is 0 Å². The minimum atomic E-state index is -0.393. The van der Waals surface area contributed by atoms with E-state index in [-0.39, 0.29) is 6.61 Å². The molecule has 0 heterocycles. The molecule has 0 saturated heterocycles. The second-order valence-electron chi connectivity index (χ2n) is 5.09. The Balaban J connectivity index is 2.08. The van der Waals surface area contributed by atoms with E-state index >= 15 is 0 Å². The van der Waals surface area contributed by atoms with Crippen LogP contribution in [0, 0.1) is 0 Å². The van der Waals surface area contributed by atoms with Gasteiger partial charge in [-0.05, 0) is 36.6 Å². The lowest BCUT2D eigenvalue weighted by Gasteiger charge is -2.14. The maximum Gasteiger partial charge on any atom is 0.344 e. The number of alkyl halides is 1. The topological polar surface area (TPSA) is 44.8 Å². The fourth-order valence-corrected chi connectivity index (χ4v) is 2.58. The number of aryl methyl sites for hydroxylation is 1. The van der Waals surface area contributed by atoms with Gasteiger partial charge in [0.1, 0.15) is 6.61 Å². The van der Waals surface area contributed by atoms with E-state index in [9.17, 15) is 4.79 Å². The van der Waals surface area contributed by atoms with E-state index < -0.39 is 5.97 Å². The smallest absolute Gasteiger partial charge is 0.344 e. The van der Waals surface area contributed by atoms with Gasteiger partial charge in [-0.15, -0.1) is 0 Å². The lowest BCUT2D eigenvalue weighted by Crippen LogP contribution is -2.15. The molecule has 0 aliphatic rings. The van der Waals surface area contributed by atoms with Crippen LogP contribution in [0.15, 0.2) is 48.5 Å². The molecule has 5 heteroatoms. The molecule has 0 spiro atoms. The molecule has 0 aliphatic heterocycles. The molecule has 0 radical (unpaired) electrons. The third-order valence-electron chi connectivity index (χ3n) is 3.28. The minimum Gasteiger partial charge on any atom is -0.485 e. The molecule has 0 unspecified atom stereocenters. The van der Waals surface area contributed by atoms with Crippen LogP contribution in [0.5, 0.6) is 11.5 Å². The van der Waals surface area contributed by atoms with Crippen molar-refractivity contribution in [2.24, 2.45) is 0 Å². The number of carbonyl (C=O) groups is 1. The zero-order valence-electron chi connectivity index (χ0n) is 13.7. The lowest BCUT2D eigenvalue weighted by atomic mass is 10.1. The molecule has 0 saturated carbocycles. The zero-order valence-corrected chi connectivity index (χ0v) is 15.3. The molecular formula is C19H21BrO4. The van der Waals surface area contributed by atoms with Crippen LogP contribution in [0.4, 0.5) is 0 Å². The van der Waals surface area contributed by atoms with Crippen molar-refractivity contribution in [3.05, 3.63) is 59.7 Å². The molecule has 0 aliphatic carbocycles. The van der Waals surface area contributed by atoms with Crippen molar-refractivity contribution in [3.8, 4) is 11.5 Å². The molecule has 0 N–H and O–H groups in total. The molecule has 2 aromatic rings. The number of hydrogen-bond donors (Lipinski definition) is 0. The summed E-state index contributed by atoms with van der Waals surface area (Å²) >= 11 is 3.44. The maximum absolute atomic E-state index is 11.5. The van der Waals surface area contributed by atoms with Crippen molar-refractivity contribution in [2.75, 3.05) is 18.5 Å². The predicted molar refractivity (Wildman–Crippen MR) is 96.8 cm³/mol. The van der Waals surface area contributed by atoms with Gasteiger partial charge in [0.2, 0.25) is 0 Å². The largest absolute Gasteiger partial charge is 0.485 e. The van der Waals surface area contributed by atoms with Gasteiger partial charge in [-0.1, -0.05) is 52.3 Å². The van der Waals surface area contributed by atoms with Gasteiger partial charge in [-0.25, -0.2) is 4.79 Å². The van der Waals surface area contributed by atoms with E-state index in [2.05, 4.69) is 15.9 Å². The Hall–Kier alpha value is -2.01. The second-order valence-corrected chi connectivity index (χ2v) is 5.88. The molecule has 0 bridgehead atoms. The van der Waals surface area contributed by atoms with Gasteiger partial charge in [0.05, 0.1) is 6.61 Å². The summed E-state index contributed by atoms with van der Waals surface area (Å²) in [5, 5.41) is 0.869. The molecular weight excluding hydrogens is 372 g/mol. The van der Waals surface area contributed by atoms with E-state index in [0.29, 0.717) is 24.7 Å². The standard InChI is InChI=1S/C19H21BrO4/c1-2-22-19(21)14-24-17-9-8-15(10-11-20)12-18(17)23-13-16-6-4-3-5-7-16/h3-9,12H,2,10-11,13-14H2,1H3. The van der Waals surface area contributed by atoms with Crippen LogP contribution in [-0.2, 0) is 22.6 Å². The molecule has 0 fully saturated rings. The number of benzene rings is 2. The van der Waals surface area contributed by atoms with Gasteiger partial charge < -0.3 is 14.2 Å². The van der Waals surface area contributed by atoms with E-state index in [1.165, 1.54) is 0 Å². The van der Waals surface area contributed by atoms with Crippen LogP contribution < -0.4 is 9.47 Å². The number of esters is 1. The molecule has 0 atom stereocenters. The number of carbonyl (C=O) groups excluding carboxylic acids is 1. The summed E-state index contributed by atoms with van der Waals surface area (Å²) in [6.07, 6.45) is 0.889. The van der Waals surface area contributed by atoms with Crippen molar-refractivity contribution in [3.63, 3.8) is 0 Å². The van der Waals surface area contributed by atoms with Crippen LogP contribution in [0.25, 0.3) is 0 Å². The molecule has 0 aromatic heterocycles. The molecule has 4 nitrogen and oxygen atoms in total. The van der Waals surface area contributed by atoms with E-state index in [4.69, 9.17) is 14.2 Å². The SMILES string of the molecule is CCOC(=O)COc1ccc(CCBr)cc1OCc1ccccc1. The first-order valence-corrected chi connectivity index (χ1v) is 8.99. The highest BCUT2D eigenvalue weighted by molar-refractivity contribution is 9.09. The Morgan fingerprint density at radius 1 is 1.00 bits per heavy atom. The average Bonchev–Trinajstić information content (AvgIpc) is 2.60. The lowest BCUT2D eigenvalue weighted by molar-refractivity contribution is -0.145. The van der Waals surface area contributed by atoms with Crippen LogP contribution in [0.3, 0.4) is 0 Å². The Morgan fingerprint density at radius 2 is 1.79 bits per heavy atom. The Morgan fingerprint density at radius 3 is 2.50 bits per heavy atom. The van der Waals surface area contributed by atoms with Gasteiger partial charge in [-0.3, -0.25) is 0 Å². The number of hydrogen-bond acceptors (Lipinski definition) is 4. The fourth-order valence-electron chi connectivity index (χ4n) is 2.12. The summed E-state index contributed by atoms with van der Waals surface area (Å²) < 4.78 is 16.4. The van der Waals surface area contributed by atoms with Crippen molar-refractivity contribution < 1.29 is 19.0 Å². The summed E-state index contributed by atoms with van der Waals surface area (Å²) in [7, 11) is 0. The first kappa shape index (κ1) is 18.3. The summed E-state index contributed by atoms with van der Waals surface area (Å²) in [4.78, 5) is 11.5. The van der Waals surface area contributed by atoms with Crippen LogP contribution in [-0.4, -0.2) is 24.5 Å². The van der Waals surface area contributed by atoms with Gasteiger partial charge in [0, 0.05) is 5.33 Å². The van der Waals surface area contributed by atoms with Gasteiger partial charge in [0.25, 0.3) is 0 Å². The third kappa shape index (κ3) is 5.89. The first-order valence-electron chi connectivity index (χ1n) is 7.87. The van der Waals surface area contributed by atoms with E-state index in [1.807, 2.05) is 48.5 Å². The highest BCUT2D eigenvalue weighted by atomic mass is 79.9. The monoisotopic (exact) mass is 392 g/mol.